The predicted octanol–water partition coefficient (Wildman–Crippen LogP) is 1.43. The van der Waals surface area contributed by atoms with Crippen LogP contribution in [0.15, 0.2) is 52.3 Å². The van der Waals surface area contributed by atoms with Crippen molar-refractivity contribution in [1.29, 1.82) is 0 Å². The van der Waals surface area contributed by atoms with Crippen LogP contribution < -0.4 is 10.1 Å². The minimum Gasteiger partial charge on any atom is -0.495 e. The predicted molar refractivity (Wildman–Crippen MR) is 128 cm³/mol. The van der Waals surface area contributed by atoms with Gasteiger partial charge in [-0.1, -0.05) is 12.1 Å². The Balaban J connectivity index is 1.45. The number of hydrogen-bond donors (Lipinski definition) is 1. The molecule has 2 heterocycles. The van der Waals surface area contributed by atoms with Crippen LogP contribution >= 0.6 is 0 Å². The lowest BCUT2D eigenvalue weighted by Gasteiger charge is -2.26. The highest BCUT2D eigenvalue weighted by atomic mass is 32.2. The number of amides is 1. The minimum atomic E-state index is -3.77. The van der Waals surface area contributed by atoms with E-state index in [1.54, 1.807) is 12.1 Å². The van der Waals surface area contributed by atoms with E-state index in [1.165, 1.54) is 46.1 Å². The number of rotatable bonds is 8. The Bertz CT molecular complexity index is 1270. The van der Waals surface area contributed by atoms with Crippen LogP contribution in [0.1, 0.15) is 28.8 Å². The first-order valence-corrected chi connectivity index (χ1v) is 14.2. The summed E-state index contributed by atoms with van der Waals surface area (Å²) in [4.78, 5) is 12.9. The lowest BCUT2D eigenvalue weighted by Crippen LogP contribution is -2.40. The lowest BCUT2D eigenvalue weighted by atomic mass is 10.2. The average molecular weight is 524 g/mol. The summed E-state index contributed by atoms with van der Waals surface area (Å²) in [7, 11) is -5.98. The molecule has 10 nitrogen and oxygen atoms in total. The van der Waals surface area contributed by atoms with Gasteiger partial charge in [0, 0.05) is 38.3 Å². The fraction of sp³-hybridized carbons (Fsp3) is 0.435. The van der Waals surface area contributed by atoms with E-state index < -0.39 is 26.0 Å². The molecular weight excluding hydrogens is 494 g/mol. The molecule has 2 fully saturated rings. The highest BCUT2D eigenvalue weighted by Gasteiger charge is 2.31. The molecule has 35 heavy (non-hydrogen) atoms. The number of benzene rings is 2. The summed E-state index contributed by atoms with van der Waals surface area (Å²) in [6.07, 6.45) is 1.60. The zero-order valence-electron chi connectivity index (χ0n) is 19.5. The maximum Gasteiger partial charge on any atom is 0.251 e. The molecular formula is C23H29N3O7S2. The third-order valence-corrected chi connectivity index (χ3v) is 9.93. The number of morpholine rings is 1. The van der Waals surface area contributed by atoms with Crippen LogP contribution in [-0.2, 0) is 31.3 Å². The van der Waals surface area contributed by atoms with Gasteiger partial charge in [-0.05, 0) is 48.7 Å². The second-order valence-corrected chi connectivity index (χ2v) is 12.2. The van der Waals surface area contributed by atoms with Crippen molar-refractivity contribution >= 4 is 26.0 Å². The average Bonchev–Trinajstić information content (AvgIpc) is 3.44. The SMILES string of the molecule is COc1ccc(C(=O)NCc2ccc(S(=O)(=O)N3CCOCC3)cc2)cc1S(=O)(=O)N1CCCC1. The number of ether oxygens (including phenoxy) is 2. The molecule has 1 N–H and O–H groups in total. The molecule has 2 saturated heterocycles. The molecule has 1 amide bonds. The zero-order chi connectivity index (χ0) is 25.1. The van der Waals surface area contributed by atoms with E-state index >= 15 is 0 Å². The molecule has 0 aliphatic carbocycles. The summed E-state index contributed by atoms with van der Waals surface area (Å²) in [5.41, 5.74) is 0.896. The standard InChI is InChI=1S/C23H29N3O7S2/c1-32-21-9-6-19(16-22(21)35(30,31)25-10-2-3-11-25)23(27)24-17-18-4-7-20(8-5-18)34(28,29)26-12-14-33-15-13-26/h4-9,16H,2-3,10-15,17H2,1H3,(H,24,27). The zero-order valence-corrected chi connectivity index (χ0v) is 21.1. The number of nitrogens with one attached hydrogen (secondary N) is 1. The van der Waals surface area contributed by atoms with Gasteiger partial charge in [-0.3, -0.25) is 4.79 Å². The topological polar surface area (TPSA) is 122 Å². The molecule has 2 aromatic rings. The van der Waals surface area contributed by atoms with E-state index in [2.05, 4.69) is 5.32 Å². The molecule has 4 rings (SSSR count). The summed E-state index contributed by atoms with van der Waals surface area (Å²) in [5, 5.41) is 2.76. The minimum absolute atomic E-state index is 0.0350. The quantitative estimate of drug-likeness (QED) is 0.555. The molecule has 0 saturated carbocycles. The summed E-state index contributed by atoms with van der Waals surface area (Å²) < 4.78 is 64.8. The van der Waals surface area contributed by atoms with Gasteiger partial charge in [0.2, 0.25) is 20.0 Å². The Morgan fingerprint density at radius 3 is 2.17 bits per heavy atom. The molecule has 2 aromatic carbocycles. The van der Waals surface area contributed by atoms with E-state index in [-0.39, 0.29) is 27.6 Å². The fourth-order valence-electron chi connectivity index (χ4n) is 4.09. The molecule has 2 aliphatic rings. The fourth-order valence-corrected chi connectivity index (χ4v) is 7.19. The number of sulfonamides is 2. The van der Waals surface area contributed by atoms with Gasteiger partial charge in [-0.2, -0.15) is 8.61 Å². The van der Waals surface area contributed by atoms with Gasteiger partial charge < -0.3 is 14.8 Å². The lowest BCUT2D eigenvalue weighted by molar-refractivity contribution is 0.0730. The number of nitrogens with zero attached hydrogens (tertiary/aromatic N) is 2. The normalized spacial score (nSPS) is 17.9. The van der Waals surface area contributed by atoms with Crippen molar-refractivity contribution in [1.82, 2.24) is 13.9 Å². The van der Waals surface area contributed by atoms with Crippen molar-refractivity contribution in [3.63, 3.8) is 0 Å². The van der Waals surface area contributed by atoms with Gasteiger partial charge in [0.05, 0.1) is 25.2 Å². The largest absolute Gasteiger partial charge is 0.495 e. The number of carbonyl (C=O) groups excluding carboxylic acids is 1. The first-order valence-electron chi connectivity index (χ1n) is 11.4. The molecule has 0 aromatic heterocycles. The van der Waals surface area contributed by atoms with Gasteiger partial charge in [0.15, 0.2) is 0 Å². The second-order valence-electron chi connectivity index (χ2n) is 8.32. The Hall–Kier alpha value is -2.51. The highest BCUT2D eigenvalue weighted by molar-refractivity contribution is 7.89. The third kappa shape index (κ3) is 5.51. The summed E-state index contributed by atoms with van der Waals surface area (Å²) >= 11 is 0. The summed E-state index contributed by atoms with van der Waals surface area (Å²) in [6, 6.07) is 10.6. The number of carbonyl (C=O) groups is 1. The molecule has 0 spiro atoms. The van der Waals surface area contributed by atoms with Crippen LogP contribution in [0.3, 0.4) is 0 Å². The first-order chi connectivity index (χ1) is 16.7. The second kappa shape index (κ2) is 10.6. The van der Waals surface area contributed by atoms with Crippen molar-refractivity contribution in [3.8, 4) is 5.75 Å². The first kappa shape index (κ1) is 25.6. The molecule has 190 valence electrons. The van der Waals surface area contributed by atoms with Gasteiger partial charge >= 0.3 is 0 Å². The Kier molecular flexibility index (Phi) is 7.77. The number of methoxy groups -OCH3 is 1. The molecule has 0 bridgehead atoms. The van der Waals surface area contributed by atoms with Gasteiger partial charge in [-0.25, -0.2) is 16.8 Å². The van der Waals surface area contributed by atoms with E-state index in [9.17, 15) is 21.6 Å². The van der Waals surface area contributed by atoms with E-state index in [0.29, 0.717) is 45.0 Å². The van der Waals surface area contributed by atoms with Crippen molar-refractivity contribution in [2.45, 2.75) is 29.2 Å². The van der Waals surface area contributed by atoms with Crippen LogP contribution in [-0.4, -0.2) is 77.9 Å². The number of hydrogen-bond acceptors (Lipinski definition) is 7. The van der Waals surface area contributed by atoms with Gasteiger partial charge in [0.1, 0.15) is 10.6 Å². The summed E-state index contributed by atoms with van der Waals surface area (Å²) in [6.45, 7) is 2.41. The molecule has 0 atom stereocenters. The Labute approximate surface area is 205 Å². The molecule has 0 radical (unpaired) electrons. The maximum atomic E-state index is 13.1. The van der Waals surface area contributed by atoms with E-state index in [0.717, 1.165) is 12.8 Å². The molecule has 0 unspecified atom stereocenters. The van der Waals surface area contributed by atoms with Crippen molar-refractivity contribution in [3.05, 3.63) is 53.6 Å². The van der Waals surface area contributed by atoms with Gasteiger partial charge in [0.25, 0.3) is 5.91 Å². The Morgan fingerprint density at radius 2 is 1.54 bits per heavy atom. The highest BCUT2D eigenvalue weighted by Crippen LogP contribution is 2.30. The third-order valence-electron chi connectivity index (χ3n) is 6.09. The van der Waals surface area contributed by atoms with Crippen LogP contribution in [0, 0.1) is 0 Å². The van der Waals surface area contributed by atoms with Crippen molar-refractivity contribution in [2.75, 3.05) is 46.5 Å². The molecule has 2 aliphatic heterocycles. The van der Waals surface area contributed by atoms with Crippen LogP contribution in [0.25, 0.3) is 0 Å². The van der Waals surface area contributed by atoms with E-state index in [4.69, 9.17) is 9.47 Å². The maximum absolute atomic E-state index is 13.1. The molecule has 12 heteroatoms. The van der Waals surface area contributed by atoms with Crippen LogP contribution in [0.2, 0.25) is 0 Å². The van der Waals surface area contributed by atoms with Gasteiger partial charge in [-0.15, -0.1) is 0 Å². The monoisotopic (exact) mass is 523 g/mol. The van der Waals surface area contributed by atoms with E-state index in [1.807, 2.05) is 0 Å². The smallest absolute Gasteiger partial charge is 0.251 e. The summed E-state index contributed by atoms with van der Waals surface area (Å²) in [5.74, 6) is -0.263. The van der Waals surface area contributed by atoms with Crippen LogP contribution in [0.5, 0.6) is 5.75 Å². The Morgan fingerprint density at radius 1 is 0.914 bits per heavy atom. The van der Waals surface area contributed by atoms with Crippen LogP contribution in [0.4, 0.5) is 0 Å². The van der Waals surface area contributed by atoms with Crippen molar-refractivity contribution in [2.24, 2.45) is 0 Å². The van der Waals surface area contributed by atoms with Crippen molar-refractivity contribution < 1.29 is 31.1 Å².